The fraction of sp³-hybridized carbons (Fsp3) is 0.375. The predicted molar refractivity (Wildman–Crippen MR) is 86.9 cm³/mol. The van der Waals surface area contributed by atoms with Crippen LogP contribution in [0.2, 0.25) is 5.02 Å². The second-order valence-corrected chi connectivity index (χ2v) is 6.98. The second kappa shape index (κ2) is 6.16. The monoisotopic (exact) mass is 320 g/mol. The third kappa shape index (κ3) is 3.27. The van der Waals surface area contributed by atoms with Crippen molar-refractivity contribution in [2.75, 3.05) is 13.1 Å². The van der Waals surface area contributed by atoms with Crippen molar-refractivity contribution in [2.24, 2.45) is 5.92 Å². The molecule has 1 amide bonds. The Labute approximate surface area is 133 Å². The summed E-state index contributed by atoms with van der Waals surface area (Å²) in [6.45, 7) is 3.95. The lowest BCUT2D eigenvalue weighted by atomic mass is 9.99. The van der Waals surface area contributed by atoms with Crippen molar-refractivity contribution < 1.29 is 4.79 Å². The lowest BCUT2D eigenvalue weighted by molar-refractivity contribution is 0.0702. The molecule has 5 heteroatoms. The number of piperidine rings is 1. The smallest absolute Gasteiger partial charge is 0.265 e. The average Bonchev–Trinajstić information content (AvgIpc) is 2.98. The highest BCUT2D eigenvalue weighted by Crippen LogP contribution is 2.28. The molecule has 3 rings (SSSR count). The molecule has 1 fully saturated rings. The van der Waals surface area contributed by atoms with E-state index in [1.165, 1.54) is 11.3 Å². The van der Waals surface area contributed by atoms with Gasteiger partial charge in [-0.25, -0.2) is 4.98 Å². The van der Waals surface area contributed by atoms with Gasteiger partial charge in [0.2, 0.25) is 0 Å². The molecule has 2 aromatic rings. The van der Waals surface area contributed by atoms with Gasteiger partial charge in [-0.1, -0.05) is 30.7 Å². The molecular weight excluding hydrogens is 304 g/mol. The molecule has 0 aliphatic carbocycles. The molecule has 1 aromatic carbocycles. The molecule has 0 bridgehead atoms. The highest BCUT2D eigenvalue weighted by molar-refractivity contribution is 7.16. The van der Waals surface area contributed by atoms with Crippen LogP contribution in [0.25, 0.3) is 10.6 Å². The van der Waals surface area contributed by atoms with Gasteiger partial charge in [-0.2, -0.15) is 0 Å². The van der Waals surface area contributed by atoms with E-state index in [1.54, 1.807) is 6.20 Å². The first kappa shape index (κ1) is 14.5. The Morgan fingerprint density at radius 2 is 1.95 bits per heavy atom. The molecule has 3 nitrogen and oxygen atoms in total. The van der Waals surface area contributed by atoms with Crippen LogP contribution < -0.4 is 0 Å². The number of carbonyl (C=O) groups is 1. The van der Waals surface area contributed by atoms with Gasteiger partial charge >= 0.3 is 0 Å². The highest BCUT2D eigenvalue weighted by Gasteiger charge is 2.23. The van der Waals surface area contributed by atoms with E-state index in [4.69, 9.17) is 11.6 Å². The van der Waals surface area contributed by atoms with E-state index in [9.17, 15) is 4.79 Å². The van der Waals surface area contributed by atoms with Crippen LogP contribution in [-0.2, 0) is 0 Å². The van der Waals surface area contributed by atoms with E-state index in [0.717, 1.165) is 47.3 Å². The van der Waals surface area contributed by atoms with Gasteiger partial charge < -0.3 is 4.90 Å². The molecule has 0 saturated carbocycles. The van der Waals surface area contributed by atoms with E-state index in [-0.39, 0.29) is 5.91 Å². The Kier molecular flexibility index (Phi) is 4.27. The molecule has 0 spiro atoms. The van der Waals surface area contributed by atoms with Crippen molar-refractivity contribution in [3.05, 3.63) is 40.4 Å². The Hall–Kier alpha value is -1.39. The fourth-order valence-corrected chi connectivity index (χ4v) is 3.48. The number of benzene rings is 1. The van der Waals surface area contributed by atoms with Crippen LogP contribution in [-0.4, -0.2) is 28.9 Å². The zero-order chi connectivity index (χ0) is 14.8. The van der Waals surface area contributed by atoms with Gasteiger partial charge in [0.1, 0.15) is 9.88 Å². The van der Waals surface area contributed by atoms with E-state index in [0.29, 0.717) is 5.02 Å². The van der Waals surface area contributed by atoms with E-state index >= 15 is 0 Å². The summed E-state index contributed by atoms with van der Waals surface area (Å²) in [6.07, 6.45) is 3.87. The van der Waals surface area contributed by atoms with Crippen molar-refractivity contribution in [2.45, 2.75) is 19.8 Å². The Morgan fingerprint density at radius 1 is 1.29 bits per heavy atom. The van der Waals surface area contributed by atoms with Crippen LogP contribution in [0.4, 0.5) is 0 Å². The number of carbonyl (C=O) groups excluding carboxylic acids is 1. The number of amides is 1. The molecule has 1 aromatic heterocycles. The molecule has 0 unspecified atom stereocenters. The minimum atomic E-state index is 0.111. The molecule has 110 valence electrons. The zero-order valence-electron chi connectivity index (χ0n) is 11.9. The lowest BCUT2D eigenvalue weighted by Gasteiger charge is -2.29. The Morgan fingerprint density at radius 3 is 2.62 bits per heavy atom. The maximum absolute atomic E-state index is 12.5. The summed E-state index contributed by atoms with van der Waals surface area (Å²) >= 11 is 7.34. The molecule has 0 atom stereocenters. The first-order valence-electron chi connectivity index (χ1n) is 7.14. The number of rotatable bonds is 2. The normalized spacial score (nSPS) is 16.2. The minimum absolute atomic E-state index is 0.111. The number of halogens is 1. The van der Waals surface area contributed by atoms with Gasteiger partial charge in [-0.3, -0.25) is 4.79 Å². The van der Waals surface area contributed by atoms with Crippen LogP contribution in [0.1, 0.15) is 29.4 Å². The van der Waals surface area contributed by atoms with Crippen molar-refractivity contribution in [3.8, 4) is 10.6 Å². The summed E-state index contributed by atoms with van der Waals surface area (Å²) < 4.78 is 0. The molecule has 21 heavy (non-hydrogen) atoms. The van der Waals surface area contributed by atoms with Gasteiger partial charge in [-0.15, -0.1) is 11.3 Å². The Bertz CT molecular complexity index is 630. The molecule has 1 saturated heterocycles. The van der Waals surface area contributed by atoms with E-state index < -0.39 is 0 Å². The van der Waals surface area contributed by atoms with Crippen molar-refractivity contribution in [1.82, 2.24) is 9.88 Å². The average molecular weight is 321 g/mol. The quantitative estimate of drug-likeness (QED) is 0.825. The number of hydrogen-bond donors (Lipinski definition) is 0. The van der Waals surface area contributed by atoms with Gasteiger partial charge in [-0.05, 0) is 30.9 Å². The zero-order valence-corrected chi connectivity index (χ0v) is 13.5. The van der Waals surface area contributed by atoms with Gasteiger partial charge in [0.25, 0.3) is 5.91 Å². The number of thiazole rings is 1. The molecule has 1 aliphatic rings. The van der Waals surface area contributed by atoms with Gasteiger partial charge in [0.05, 0.1) is 6.20 Å². The standard InChI is InChI=1S/C16H17ClN2OS/c1-11-6-8-19(9-7-11)16(20)14-10-18-15(21-14)12-2-4-13(17)5-3-12/h2-5,10-11H,6-9H2,1H3. The largest absolute Gasteiger partial charge is 0.338 e. The molecule has 2 heterocycles. The van der Waals surface area contributed by atoms with Crippen LogP contribution >= 0.6 is 22.9 Å². The maximum atomic E-state index is 12.5. The third-order valence-electron chi connectivity index (χ3n) is 3.88. The Balaban J connectivity index is 1.75. The summed E-state index contributed by atoms with van der Waals surface area (Å²) in [4.78, 5) is 19.5. The van der Waals surface area contributed by atoms with Crippen LogP contribution in [0.15, 0.2) is 30.5 Å². The number of nitrogens with zero attached hydrogens (tertiary/aromatic N) is 2. The summed E-state index contributed by atoms with van der Waals surface area (Å²) in [7, 11) is 0. The van der Waals surface area contributed by atoms with Crippen molar-refractivity contribution in [1.29, 1.82) is 0 Å². The highest BCUT2D eigenvalue weighted by atomic mass is 35.5. The summed E-state index contributed by atoms with van der Waals surface area (Å²) in [5.41, 5.74) is 0.996. The van der Waals surface area contributed by atoms with E-state index in [1.807, 2.05) is 29.2 Å². The topological polar surface area (TPSA) is 33.2 Å². The molecule has 0 N–H and O–H groups in total. The second-order valence-electron chi connectivity index (χ2n) is 5.51. The molecular formula is C16H17ClN2OS. The number of hydrogen-bond acceptors (Lipinski definition) is 3. The minimum Gasteiger partial charge on any atom is -0.338 e. The molecule has 1 aliphatic heterocycles. The van der Waals surface area contributed by atoms with Crippen LogP contribution in [0.3, 0.4) is 0 Å². The third-order valence-corrected chi connectivity index (χ3v) is 5.16. The number of likely N-dealkylation sites (tertiary alicyclic amines) is 1. The summed E-state index contributed by atoms with van der Waals surface area (Å²) in [6, 6.07) is 7.54. The van der Waals surface area contributed by atoms with Gasteiger partial charge in [0, 0.05) is 23.7 Å². The fourth-order valence-electron chi connectivity index (χ4n) is 2.47. The van der Waals surface area contributed by atoms with Crippen molar-refractivity contribution >= 4 is 28.8 Å². The molecule has 0 radical (unpaired) electrons. The summed E-state index contributed by atoms with van der Waals surface area (Å²) in [5, 5.41) is 1.56. The first-order chi connectivity index (χ1) is 10.1. The predicted octanol–water partition coefficient (Wildman–Crippen LogP) is 4.34. The lowest BCUT2D eigenvalue weighted by Crippen LogP contribution is -2.37. The van der Waals surface area contributed by atoms with Gasteiger partial charge in [0.15, 0.2) is 0 Å². The SMILES string of the molecule is CC1CCN(C(=O)c2cnc(-c3ccc(Cl)cc3)s2)CC1. The van der Waals surface area contributed by atoms with E-state index in [2.05, 4.69) is 11.9 Å². The summed E-state index contributed by atoms with van der Waals surface area (Å²) in [5.74, 6) is 0.833. The number of aromatic nitrogens is 1. The van der Waals surface area contributed by atoms with Crippen LogP contribution in [0, 0.1) is 5.92 Å². The van der Waals surface area contributed by atoms with Crippen molar-refractivity contribution in [3.63, 3.8) is 0 Å². The first-order valence-corrected chi connectivity index (χ1v) is 8.34. The van der Waals surface area contributed by atoms with Crippen LogP contribution in [0.5, 0.6) is 0 Å². The maximum Gasteiger partial charge on any atom is 0.265 e.